The SMILES string of the molecule is CCc1nc(SCC(=O)Nc2ccc3c(c2)OCCCO3)nc(N)c1-c1ccc(Cl)cc1. The minimum absolute atomic E-state index is 0.150. The Balaban J connectivity index is 1.43. The van der Waals surface area contributed by atoms with E-state index in [2.05, 4.69) is 15.3 Å². The molecule has 3 N–H and O–H groups in total. The van der Waals surface area contributed by atoms with Crippen LogP contribution in [0, 0.1) is 0 Å². The Labute approximate surface area is 195 Å². The number of nitrogen functional groups attached to an aromatic ring is 1. The molecule has 32 heavy (non-hydrogen) atoms. The van der Waals surface area contributed by atoms with Crippen LogP contribution in [0.4, 0.5) is 11.5 Å². The number of anilines is 2. The van der Waals surface area contributed by atoms with Gasteiger partial charge in [0.2, 0.25) is 5.91 Å². The van der Waals surface area contributed by atoms with Gasteiger partial charge in [0, 0.05) is 28.8 Å². The first-order valence-corrected chi connectivity index (χ1v) is 11.6. The van der Waals surface area contributed by atoms with Crippen LogP contribution in [0.2, 0.25) is 5.02 Å². The smallest absolute Gasteiger partial charge is 0.234 e. The summed E-state index contributed by atoms with van der Waals surface area (Å²) in [5.41, 5.74) is 9.43. The Hall–Kier alpha value is -2.97. The molecule has 1 amide bonds. The van der Waals surface area contributed by atoms with Crippen LogP contribution in [0.15, 0.2) is 47.6 Å². The fraction of sp³-hybridized carbons (Fsp3) is 0.261. The minimum Gasteiger partial charge on any atom is -0.490 e. The number of carbonyl (C=O) groups is 1. The molecular formula is C23H23ClN4O3S. The van der Waals surface area contributed by atoms with E-state index in [1.165, 1.54) is 11.8 Å². The fourth-order valence-corrected chi connectivity index (χ4v) is 4.12. The van der Waals surface area contributed by atoms with Gasteiger partial charge in [0.25, 0.3) is 0 Å². The number of nitrogens with zero attached hydrogens (tertiary/aromatic N) is 2. The molecule has 0 bridgehead atoms. The summed E-state index contributed by atoms with van der Waals surface area (Å²) in [6.45, 7) is 3.21. The summed E-state index contributed by atoms with van der Waals surface area (Å²) in [4.78, 5) is 21.5. The first-order valence-electron chi connectivity index (χ1n) is 10.3. The number of carbonyl (C=O) groups excluding carboxylic acids is 1. The molecule has 1 aliphatic heterocycles. The van der Waals surface area contributed by atoms with Crippen molar-refractivity contribution in [3.8, 4) is 22.6 Å². The number of halogens is 1. The molecule has 3 aromatic rings. The minimum atomic E-state index is -0.175. The lowest BCUT2D eigenvalue weighted by Gasteiger charge is -2.13. The highest BCUT2D eigenvalue weighted by molar-refractivity contribution is 7.99. The molecular weight excluding hydrogens is 448 g/mol. The van der Waals surface area contributed by atoms with Gasteiger partial charge in [-0.05, 0) is 36.2 Å². The number of benzene rings is 2. The van der Waals surface area contributed by atoms with Gasteiger partial charge in [0.05, 0.1) is 24.7 Å². The third kappa shape index (κ3) is 5.26. The molecule has 2 aromatic carbocycles. The average molecular weight is 471 g/mol. The molecule has 1 aliphatic rings. The van der Waals surface area contributed by atoms with Gasteiger partial charge in [-0.1, -0.05) is 42.4 Å². The van der Waals surface area contributed by atoms with Crippen LogP contribution < -0.4 is 20.5 Å². The molecule has 0 spiro atoms. The number of ether oxygens (including phenoxy) is 2. The van der Waals surface area contributed by atoms with Crippen LogP contribution in [-0.2, 0) is 11.2 Å². The van der Waals surface area contributed by atoms with Gasteiger partial charge in [-0.2, -0.15) is 0 Å². The Morgan fingerprint density at radius 3 is 2.62 bits per heavy atom. The number of rotatable bonds is 6. The third-order valence-electron chi connectivity index (χ3n) is 4.82. The maximum atomic E-state index is 12.5. The van der Waals surface area contributed by atoms with Crippen molar-refractivity contribution >= 4 is 40.8 Å². The van der Waals surface area contributed by atoms with E-state index in [0.29, 0.717) is 52.8 Å². The number of hydrogen-bond acceptors (Lipinski definition) is 7. The molecule has 2 heterocycles. The standard InChI is InChI=1S/C23H23ClN4O3S/c1-2-17-21(14-4-6-15(24)7-5-14)22(25)28-23(27-17)32-13-20(29)26-16-8-9-18-19(12-16)31-11-3-10-30-18/h4-9,12H,2-3,10-11,13H2,1H3,(H,26,29)(H2,25,27,28). The largest absolute Gasteiger partial charge is 0.490 e. The highest BCUT2D eigenvalue weighted by Crippen LogP contribution is 2.33. The summed E-state index contributed by atoms with van der Waals surface area (Å²) >= 11 is 7.23. The van der Waals surface area contributed by atoms with E-state index in [1.807, 2.05) is 31.2 Å². The highest BCUT2D eigenvalue weighted by atomic mass is 35.5. The summed E-state index contributed by atoms with van der Waals surface area (Å²) < 4.78 is 11.3. The van der Waals surface area contributed by atoms with E-state index in [9.17, 15) is 4.79 Å². The van der Waals surface area contributed by atoms with Crippen molar-refractivity contribution in [3.63, 3.8) is 0 Å². The molecule has 4 rings (SSSR count). The number of aryl methyl sites for hydroxylation is 1. The predicted octanol–water partition coefficient (Wildman–Crippen LogP) is 4.83. The van der Waals surface area contributed by atoms with Crippen molar-refractivity contribution in [2.75, 3.05) is 30.0 Å². The monoisotopic (exact) mass is 470 g/mol. The van der Waals surface area contributed by atoms with Gasteiger partial charge in [-0.3, -0.25) is 4.79 Å². The number of nitrogens with one attached hydrogen (secondary N) is 1. The van der Waals surface area contributed by atoms with Crippen molar-refractivity contribution < 1.29 is 14.3 Å². The van der Waals surface area contributed by atoms with E-state index >= 15 is 0 Å². The number of hydrogen-bond donors (Lipinski definition) is 2. The number of amides is 1. The second kappa shape index (κ2) is 10.1. The van der Waals surface area contributed by atoms with Crippen LogP contribution in [0.1, 0.15) is 19.0 Å². The average Bonchev–Trinajstić information content (AvgIpc) is 3.03. The lowest BCUT2D eigenvalue weighted by molar-refractivity contribution is -0.113. The summed E-state index contributed by atoms with van der Waals surface area (Å²) in [6.07, 6.45) is 1.51. The fourth-order valence-electron chi connectivity index (χ4n) is 3.32. The maximum absolute atomic E-state index is 12.5. The van der Waals surface area contributed by atoms with E-state index in [4.69, 9.17) is 26.8 Å². The predicted molar refractivity (Wildman–Crippen MR) is 128 cm³/mol. The van der Waals surface area contributed by atoms with E-state index in [1.54, 1.807) is 18.2 Å². The number of aromatic nitrogens is 2. The van der Waals surface area contributed by atoms with Crippen LogP contribution in [0.3, 0.4) is 0 Å². The zero-order valence-electron chi connectivity index (χ0n) is 17.6. The first kappa shape index (κ1) is 22.2. The van der Waals surface area contributed by atoms with Gasteiger partial charge in [-0.15, -0.1) is 0 Å². The van der Waals surface area contributed by atoms with Gasteiger partial charge in [0.15, 0.2) is 16.7 Å². The Morgan fingerprint density at radius 2 is 1.88 bits per heavy atom. The zero-order chi connectivity index (χ0) is 22.5. The number of nitrogens with two attached hydrogens (primary N) is 1. The van der Waals surface area contributed by atoms with Crippen LogP contribution in [0.25, 0.3) is 11.1 Å². The van der Waals surface area contributed by atoms with Crippen molar-refractivity contribution in [1.29, 1.82) is 0 Å². The van der Waals surface area contributed by atoms with Crippen molar-refractivity contribution in [2.24, 2.45) is 0 Å². The first-order chi connectivity index (χ1) is 15.5. The molecule has 1 aromatic heterocycles. The molecule has 9 heteroatoms. The van der Waals surface area contributed by atoms with Crippen molar-refractivity contribution in [3.05, 3.63) is 53.2 Å². The summed E-state index contributed by atoms with van der Waals surface area (Å²) in [5.74, 6) is 1.68. The Kier molecular flexibility index (Phi) is 7.02. The van der Waals surface area contributed by atoms with Crippen LogP contribution in [-0.4, -0.2) is 34.8 Å². The van der Waals surface area contributed by atoms with Gasteiger partial charge >= 0.3 is 0 Å². The molecule has 166 valence electrons. The number of thioether (sulfide) groups is 1. The van der Waals surface area contributed by atoms with Gasteiger partial charge in [0.1, 0.15) is 5.82 Å². The van der Waals surface area contributed by atoms with Crippen LogP contribution >= 0.6 is 23.4 Å². The second-order valence-corrected chi connectivity index (χ2v) is 8.50. The second-order valence-electron chi connectivity index (χ2n) is 7.12. The van der Waals surface area contributed by atoms with Gasteiger partial charge in [-0.25, -0.2) is 9.97 Å². The maximum Gasteiger partial charge on any atom is 0.234 e. The Bertz CT molecular complexity index is 1120. The highest BCUT2D eigenvalue weighted by Gasteiger charge is 2.16. The molecule has 7 nitrogen and oxygen atoms in total. The third-order valence-corrected chi connectivity index (χ3v) is 5.92. The molecule has 0 saturated carbocycles. The quantitative estimate of drug-likeness (QED) is 0.393. The molecule has 0 fully saturated rings. The summed E-state index contributed by atoms with van der Waals surface area (Å²) in [7, 11) is 0. The lowest BCUT2D eigenvalue weighted by atomic mass is 10.0. The molecule has 0 unspecified atom stereocenters. The van der Waals surface area contributed by atoms with Crippen molar-refractivity contribution in [1.82, 2.24) is 9.97 Å². The van der Waals surface area contributed by atoms with Crippen molar-refractivity contribution in [2.45, 2.75) is 24.9 Å². The molecule has 0 aliphatic carbocycles. The van der Waals surface area contributed by atoms with E-state index in [0.717, 1.165) is 23.2 Å². The number of fused-ring (bicyclic) bond motifs is 1. The Morgan fingerprint density at radius 1 is 1.12 bits per heavy atom. The molecule has 0 saturated heterocycles. The van der Waals surface area contributed by atoms with E-state index in [-0.39, 0.29) is 11.7 Å². The summed E-state index contributed by atoms with van der Waals surface area (Å²) in [6, 6.07) is 12.8. The van der Waals surface area contributed by atoms with Gasteiger partial charge < -0.3 is 20.5 Å². The summed E-state index contributed by atoms with van der Waals surface area (Å²) in [5, 5.41) is 3.99. The van der Waals surface area contributed by atoms with E-state index < -0.39 is 0 Å². The molecule has 0 radical (unpaired) electrons. The topological polar surface area (TPSA) is 99.4 Å². The molecule has 0 atom stereocenters. The lowest BCUT2D eigenvalue weighted by Crippen LogP contribution is -2.15. The van der Waals surface area contributed by atoms with Crippen LogP contribution in [0.5, 0.6) is 11.5 Å². The normalized spacial score (nSPS) is 12.8. The zero-order valence-corrected chi connectivity index (χ0v) is 19.1.